The molecule has 0 heterocycles. The van der Waals surface area contributed by atoms with Gasteiger partial charge in [0.2, 0.25) is 0 Å². The molecule has 2 saturated carbocycles. The van der Waals surface area contributed by atoms with Crippen LogP contribution in [0.4, 0.5) is 0 Å². The molecule has 14 heavy (non-hydrogen) atoms. The lowest BCUT2D eigenvalue weighted by atomic mass is 9.70. The second-order valence-electron chi connectivity index (χ2n) is 5.71. The Morgan fingerprint density at radius 2 is 2.00 bits per heavy atom. The van der Waals surface area contributed by atoms with Gasteiger partial charge in [0.1, 0.15) is 0 Å². The predicted molar refractivity (Wildman–Crippen MR) is 58.5 cm³/mol. The Balaban J connectivity index is 2.38. The van der Waals surface area contributed by atoms with E-state index in [1.165, 1.54) is 12.8 Å². The highest BCUT2D eigenvalue weighted by atomic mass is 16.3. The first-order valence-corrected chi connectivity index (χ1v) is 5.55. The standard InChI is InChI=1S/C12H21NO/c1-11(2)9-5-6-12(11,3)10(14)8(9)7-13-4/h7-10,14H,5-6H2,1-4H3/t8-,9-,10+,12+/m1/s1. The lowest BCUT2D eigenvalue weighted by molar-refractivity contribution is 0.00327. The molecule has 0 saturated heterocycles. The lowest BCUT2D eigenvalue weighted by Gasteiger charge is -2.37. The average Bonchev–Trinajstić information content (AvgIpc) is 2.41. The van der Waals surface area contributed by atoms with Gasteiger partial charge in [0.15, 0.2) is 0 Å². The van der Waals surface area contributed by atoms with Crippen LogP contribution in [-0.4, -0.2) is 24.5 Å². The van der Waals surface area contributed by atoms with Gasteiger partial charge >= 0.3 is 0 Å². The second-order valence-corrected chi connectivity index (χ2v) is 5.71. The molecule has 0 aromatic carbocycles. The molecule has 1 N–H and O–H groups in total. The van der Waals surface area contributed by atoms with Crippen molar-refractivity contribution in [1.29, 1.82) is 0 Å². The molecular weight excluding hydrogens is 174 g/mol. The van der Waals surface area contributed by atoms with Gasteiger partial charge in [-0.25, -0.2) is 0 Å². The topological polar surface area (TPSA) is 32.6 Å². The Labute approximate surface area is 86.4 Å². The van der Waals surface area contributed by atoms with Gasteiger partial charge in [0, 0.05) is 19.2 Å². The van der Waals surface area contributed by atoms with E-state index in [1.54, 1.807) is 7.05 Å². The number of aliphatic imine (C=N–C) groups is 1. The highest BCUT2D eigenvalue weighted by molar-refractivity contribution is 5.64. The van der Waals surface area contributed by atoms with E-state index < -0.39 is 0 Å². The van der Waals surface area contributed by atoms with E-state index >= 15 is 0 Å². The van der Waals surface area contributed by atoms with Crippen molar-refractivity contribution in [3.8, 4) is 0 Å². The molecule has 0 aliphatic heterocycles. The number of fused-ring (bicyclic) bond motifs is 2. The van der Waals surface area contributed by atoms with Gasteiger partial charge in [-0.1, -0.05) is 20.8 Å². The SMILES string of the molecule is CN=C[C@@H]1[C@H]2CC[C@@](C)([C@H]1O)C2(C)C. The van der Waals surface area contributed by atoms with Crippen LogP contribution in [0.25, 0.3) is 0 Å². The fourth-order valence-electron chi connectivity index (χ4n) is 3.77. The minimum atomic E-state index is -0.194. The van der Waals surface area contributed by atoms with E-state index in [-0.39, 0.29) is 22.9 Å². The van der Waals surface area contributed by atoms with Gasteiger partial charge in [-0.3, -0.25) is 0 Å². The maximum Gasteiger partial charge on any atom is 0.0679 e. The van der Waals surface area contributed by atoms with E-state index in [0.29, 0.717) is 5.92 Å². The Hall–Kier alpha value is -0.370. The minimum absolute atomic E-state index is 0.101. The molecule has 2 aliphatic carbocycles. The number of aliphatic hydroxyl groups excluding tert-OH is 1. The number of nitrogens with zero attached hydrogens (tertiary/aromatic N) is 1. The maximum atomic E-state index is 10.3. The molecule has 2 heteroatoms. The van der Waals surface area contributed by atoms with E-state index in [0.717, 1.165) is 0 Å². The quantitative estimate of drug-likeness (QED) is 0.639. The molecule has 0 aromatic rings. The third-order valence-electron chi connectivity index (χ3n) is 5.18. The molecule has 0 amide bonds. The van der Waals surface area contributed by atoms with Crippen LogP contribution in [0.3, 0.4) is 0 Å². The van der Waals surface area contributed by atoms with Crippen LogP contribution in [-0.2, 0) is 0 Å². The molecule has 2 bridgehead atoms. The third-order valence-corrected chi connectivity index (χ3v) is 5.18. The smallest absolute Gasteiger partial charge is 0.0679 e. The zero-order valence-electron chi connectivity index (χ0n) is 9.62. The van der Waals surface area contributed by atoms with Crippen molar-refractivity contribution in [2.24, 2.45) is 27.7 Å². The Kier molecular flexibility index (Phi) is 2.04. The van der Waals surface area contributed by atoms with Crippen molar-refractivity contribution in [2.45, 2.75) is 39.7 Å². The summed E-state index contributed by atoms with van der Waals surface area (Å²) in [6, 6.07) is 0. The normalized spacial score (nSPS) is 50.5. The number of hydrogen-bond acceptors (Lipinski definition) is 2. The third kappa shape index (κ3) is 0.928. The summed E-state index contributed by atoms with van der Waals surface area (Å²) in [5.74, 6) is 0.903. The van der Waals surface area contributed by atoms with Crippen LogP contribution >= 0.6 is 0 Å². The molecule has 0 unspecified atom stereocenters. The molecule has 2 nitrogen and oxygen atoms in total. The van der Waals surface area contributed by atoms with E-state index in [1.807, 2.05) is 6.21 Å². The summed E-state index contributed by atoms with van der Waals surface area (Å²) in [4.78, 5) is 4.10. The zero-order valence-corrected chi connectivity index (χ0v) is 9.62. The summed E-state index contributed by atoms with van der Waals surface area (Å²) in [6.07, 6.45) is 4.18. The first kappa shape index (κ1) is 10.2. The molecule has 4 atom stereocenters. The molecule has 0 spiro atoms. The van der Waals surface area contributed by atoms with E-state index in [9.17, 15) is 5.11 Å². The average molecular weight is 195 g/mol. The zero-order chi connectivity index (χ0) is 10.6. The van der Waals surface area contributed by atoms with Crippen LogP contribution in [0.2, 0.25) is 0 Å². The summed E-state index contributed by atoms with van der Waals surface area (Å²) in [5, 5.41) is 10.3. The largest absolute Gasteiger partial charge is 0.392 e. The van der Waals surface area contributed by atoms with Crippen LogP contribution in [0.5, 0.6) is 0 Å². The molecule has 2 aliphatic rings. The van der Waals surface area contributed by atoms with Crippen molar-refractivity contribution in [3.63, 3.8) is 0 Å². The molecular formula is C12H21NO. The summed E-state index contributed by atoms with van der Waals surface area (Å²) in [5.41, 5.74) is 0.363. The van der Waals surface area contributed by atoms with Crippen molar-refractivity contribution < 1.29 is 5.11 Å². The van der Waals surface area contributed by atoms with Crippen molar-refractivity contribution in [1.82, 2.24) is 0 Å². The first-order valence-electron chi connectivity index (χ1n) is 5.55. The summed E-state index contributed by atoms with van der Waals surface area (Å²) in [7, 11) is 1.80. The highest BCUT2D eigenvalue weighted by Gasteiger charge is 2.65. The van der Waals surface area contributed by atoms with Crippen molar-refractivity contribution in [2.75, 3.05) is 7.05 Å². The Bertz CT molecular complexity index is 271. The highest BCUT2D eigenvalue weighted by Crippen LogP contribution is 2.67. The second kappa shape index (κ2) is 2.82. The monoisotopic (exact) mass is 195 g/mol. The molecule has 0 aromatic heterocycles. The van der Waals surface area contributed by atoms with Gasteiger partial charge in [-0.15, -0.1) is 0 Å². The fourth-order valence-corrected chi connectivity index (χ4v) is 3.77. The molecule has 2 fully saturated rings. The molecule has 2 rings (SSSR count). The van der Waals surface area contributed by atoms with Gasteiger partial charge in [0.05, 0.1) is 6.10 Å². The first-order chi connectivity index (χ1) is 6.45. The summed E-state index contributed by atoms with van der Waals surface area (Å²) in [6.45, 7) is 6.84. The number of rotatable bonds is 1. The fraction of sp³-hybridized carbons (Fsp3) is 0.917. The van der Waals surface area contributed by atoms with Gasteiger partial charge in [0.25, 0.3) is 0 Å². The van der Waals surface area contributed by atoms with E-state index in [2.05, 4.69) is 25.8 Å². The number of hydrogen-bond donors (Lipinski definition) is 1. The van der Waals surface area contributed by atoms with Crippen LogP contribution < -0.4 is 0 Å². The van der Waals surface area contributed by atoms with Gasteiger partial charge in [-0.05, 0) is 29.6 Å². The van der Waals surface area contributed by atoms with Crippen LogP contribution in [0, 0.1) is 22.7 Å². The maximum absolute atomic E-state index is 10.3. The van der Waals surface area contributed by atoms with Crippen LogP contribution in [0.15, 0.2) is 4.99 Å². The Morgan fingerprint density at radius 1 is 1.36 bits per heavy atom. The minimum Gasteiger partial charge on any atom is -0.392 e. The lowest BCUT2D eigenvalue weighted by Crippen LogP contribution is -2.37. The van der Waals surface area contributed by atoms with Crippen molar-refractivity contribution >= 4 is 6.21 Å². The van der Waals surface area contributed by atoms with E-state index in [4.69, 9.17) is 0 Å². The number of aliphatic hydroxyl groups is 1. The summed E-state index contributed by atoms with van der Waals surface area (Å²) >= 11 is 0. The molecule has 80 valence electrons. The molecule has 0 radical (unpaired) electrons. The van der Waals surface area contributed by atoms with Crippen molar-refractivity contribution in [3.05, 3.63) is 0 Å². The van der Waals surface area contributed by atoms with Gasteiger partial charge in [-0.2, -0.15) is 0 Å². The predicted octanol–water partition coefficient (Wildman–Crippen LogP) is 2.12. The van der Waals surface area contributed by atoms with Gasteiger partial charge < -0.3 is 10.1 Å². The Morgan fingerprint density at radius 3 is 2.43 bits per heavy atom. The summed E-state index contributed by atoms with van der Waals surface area (Å²) < 4.78 is 0. The van der Waals surface area contributed by atoms with Crippen LogP contribution in [0.1, 0.15) is 33.6 Å².